The van der Waals surface area contributed by atoms with Gasteiger partial charge in [0.15, 0.2) is 0 Å². The van der Waals surface area contributed by atoms with Crippen LogP contribution in [0.4, 0.5) is 10.5 Å². The third kappa shape index (κ3) is 6.70. The molecule has 0 aliphatic rings. The van der Waals surface area contributed by atoms with Gasteiger partial charge in [-0.1, -0.05) is 0 Å². The molecule has 116 valence electrons. The molecule has 0 heterocycles. The summed E-state index contributed by atoms with van der Waals surface area (Å²) in [6.45, 7) is -0.239. The minimum Gasteiger partial charge on any atom is -0.480 e. The summed E-state index contributed by atoms with van der Waals surface area (Å²) in [6.07, 6.45) is 0. The molecule has 21 heavy (non-hydrogen) atoms. The largest absolute Gasteiger partial charge is 0.480 e. The van der Waals surface area contributed by atoms with Gasteiger partial charge in [-0.15, -0.1) is 0 Å². The van der Waals surface area contributed by atoms with Crippen molar-refractivity contribution in [3.63, 3.8) is 0 Å². The number of hydrogen-bond acceptors (Lipinski definition) is 5. The van der Waals surface area contributed by atoms with Crippen LogP contribution in [0, 0.1) is 0 Å². The Morgan fingerprint density at radius 3 is 2.38 bits per heavy atom. The number of carboxylic acids is 1. The van der Waals surface area contributed by atoms with Crippen LogP contribution in [0.3, 0.4) is 0 Å². The van der Waals surface area contributed by atoms with E-state index in [-0.39, 0.29) is 18.0 Å². The van der Waals surface area contributed by atoms with Crippen LogP contribution >= 0.6 is 0 Å². The van der Waals surface area contributed by atoms with Crippen LogP contribution in [-0.2, 0) is 19.6 Å². The number of amides is 2. The Balaban J connectivity index is 2.36. The van der Waals surface area contributed by atoms with E-state index in [4.69, 9.17) is 15.0 Å². The molecule has 0 radical (unpaired) electrons. The number of nitrogens with two attached hydrogens (primary N) is 1. The highest BCUT2D eigenvalue weighted by Gasteiger charge is 2.07. The summed E-state index contributed by atoms with van der Waals surface area (Å²) in [7, 11) is -3.77. The SMILES string of the molecule is NS(=O)(=O)c1ccc(NC(=O)NCCOCC(=O)O)cc1. The topological polar surface area (TPSA) is 148 Å². The normalized spacial score (nSPS) is 10.9. The predicted octanol–water partition coefficient (Wildman–Crippen LogP) is -0.443. The Kier molecular flexibility index (Phi) is 6.09. The first-order valence-electron chi connectivity index (χ1n) is 5.76. The maximum Gasteiger partial charge on any atom is 0.329 e. The number of anilines is 1. The van der Waals surface area contributed by atoms with Crippen molar-refractivity contribution in [3.05, 3.63) is 24.3 Å². The molecule has 2 amide bonds. The molecule has 1 aromatic carbocycles. The molecule has 0 unspecified atom stereocenters. The van der Waals surface area contributed by atoms with E-state index in [1.54, 1.807) is 0 Å². The maximum atomic E-state index is 11.5. The molecule has 0 bridgehead atoms. The van der Waals surface area contributed by atoms with Crippen molar-refractivity contribution in [1.29, 1.82) is 0 Å². The van der Waals surface area contributed by atoms with Gasteiger partial charge in [-0.2, -0.15) is 0 Å². The van der Waals surface area contributed by atoms with Crippen molar-refractivity contribution in [2.24, 2.45) is 5.14 Å². The van der Waals surface area contributed by atoms with Gasteiger partial charge in [-0.25, -0.2) is 23.1 Å². The van der Waals surface area contributed by atoms with Crippen LogP contribution in [0.2, 0.25) is 0 Å². The lowest BCUT2D eigenvalue weighted by molar-refractivity contribution is -0.142. The fourth-order valence-electron chi connectivity index (χ4n) is 1.30. The number of rotatable bonds is 7. The number of aliphatic carboxylic acids is 1. The molecule has 0 aliphatic carbocycles. The molecule has 0 saturated heterocycles. The maximum absolute atomic E-state index is 11.5. The smallest absolute Gasteiger partial charge is 0.329 e. The number of carbonyl (C=O) groups excluding carboxylic acids is 1. The zero-order valence-electron chi connectivity index (χ0n) is 10.9. The van der Waals surface area contributed by atoms with Crippen molar-refractivity contribution >= 4 is 27.7 Å². The van der Waals surface area contributed by atoms with Gasteiger partial charge < -0.3 is 20.5 Å². The number of carbonyl (C=O) groups is 2. The average molecular weight is 317 g/mol. The summed E-state index contributed by atoms with van der Waals surface area (Å²) >= 11 is 0. The van der Waals surface area contributed by atoms with Gasteiger partial charge in [0.05, 0.1) is 11.5 Å². The van der Waals surface area contributed by atoms with E-state index in [0.717, 1.165) is 0 Å². The number of sulfonamides is 1. The molecular weight excluding hydrogens is 302 g/mol. The highest BCUT2D eigenvalue weighted by Crippen LogP contribution is 2.12. The Bertz CT molecular complexity index is 599. The first-order valence-corrected chi connectivity index (χ1v) is 7.31. The number of benzene rings is 1. The summed E-state index contributed by atoms with van der Waals surface area (Å²) in [4.78, 5) is 21.6. The average Bonchev–Trinajstić information content (AvgIpc) is 2.37. The molecule has 0 saturated carbocycles. The predicted molar refractivity (Wildman–Crippen MR) is 73.3 cm³/mol. The first-order chi connectivity index (χ1) is 9.79. The van der Waals surface area contributed by atoms with E-state index < -0.39 is 28.6 Å². The molecule has 0 fully saturated rings. The Labute approximate surface area is 121 Å². The summed E-state index contributed by atoms with van der Waals surface area (Å²) in [5.74, 6) is -1.09. The summed E-state index contributed by atoms with van der Waals surface area (Å²) < 4.78 is 26.8. The second-order valence-corrected chi connectivity index (χ2v) is 5.46. The lowest BCUT2D eigenvalue weighted by atomic mass is 10.3. The molecule has 1 rings (SSSR count). The minimum atomic E-state index is -3.77. The van der Waals surface area contributed by atoms with E-state index in [1.165, 1.54) is 24.3 Å². The molecular formula is C11H15N3O6S. The zero-order chi connectivity index (χ0) is 15.9. The summed E-state index contributed by atoms with van der Waals surface area (Å²) in [5, 5.41) is 18.2. The van der Waals surface area contributed by atoms with Crippen molar-refractivity contribution in [3.8, 4) is 0 Å². The van der Waals surface area contributed by atoms with Gasteiger partial charge in [0.25, 0.3) is 0 Å². The molecule has 10 heteroatoms. The van der Waals surface area contributed by atoms with E-state index >= 15 is 0 Å². The van der Waals surface area contributed by atoms with Crippen molar-refractivity contribution in [2.75, 3.05) is 25.1 Å². The van der Waals surface area contributed by atoms with Gasteiger partial charge >= 0.3 is 12.0 Å². The second kappa shape index (κ2) is 7.57. The minimum absolute atomic E-state index is 0.0596. The molecule has 1 aromatic rings. The second-order valence-electron chi connectivity index (χ2n) is 3.90. The highest BCUT2D eigenvalue weighted by molar-refractivity contribution is 7.89. The number of ether oxygens (including phenoxy) is 1. The standard InChI is InChI=1S/C11H15N3O6S/c12-21(18,19)9-3-1-8(2-4-9)14-11(17)13-5-6-20-7-10(15)16/h1-4H,5-7H2,(H,15,16)(H2,12,18,19)(H2,13,14,17). The first kappa shape index (κ1) is 16.9. The van der Waals surface area contributed by atoms with E-state index in [2.05, 4.69) is 10.6 Å². The third-order valence-electron chi connectivity index (χ3n) is 2.20. The summed E-state index contributed by atoms with van der Waals surface area (Å²) in [5.41, 5.74) is 0.381. The zero-order valence-corrected chi connectivity index (χ0v) is 11.7. The van der Waals surface area contributed by atoms with Gasteiger partial charge in [-0.05, 0) is 24.3 Å². The van der Waals surface area contributed by atoms with E-state index in [0.29, 0.717) is 5.69 Å². The van der Waals surface area contributed by atoms with E-state index in [9.17, 15) is 18.0 Å². The van der Waals surface area contributed by atoms with Gasteiger partial charge in [0.1, 0.15) is 6.61 Å². The van der Waals surface area contributed by atoms with Crippen molar-refractivity contribution < 1.29 is 27.9 Å². The molecule has 5 N–H and O–H groups in total. The van der Waals surface area contributed by atoms with Crippen LogP contribution in [0.25, 0.3) is 0 Å². The number of carboxylic acid groups (broad SMARTS) is 1. The Hall–Kier alpha value is -2.17. The molecule has 9 nitrogen and oxygen atoms in total. The lowest BCUT2D eigenvalue weighted by Gasteiger charge is -2.08. The monoisotopic (exact) mass is 317 g/mol. The van der Waals surface area contributed by atoms with Gasteiger partial charge in [0.2, 0.25) is 10.0 Å². The highest BCUT2D eigenvalue weighted by atomic mass is 32.2. The van der Waals surface area contributed by atoms with Crippen molar-refractivity contribution in [1.82, 2.24) is 5.32 Å². The van der Waals surface area contributed by atoms with Crippen LogP contribution in [0.15, 0.2) is 29.2 Å². The number of primary sulfonamides is 1. The van der Waals surface area contributed by atoms with Crippen molar-refractivity contribution in [2.45, 2.75) is 4.90 Å². The van der Waals surface area contributed by atoms with Crippen LogP contribution in [0.5, 0.6) is 0 Å². The molecule has 0 aromatic heterocycles. The molecule has 0 atom stereocenters. The fourth-order valence-corrected chi connectivity index (χ4v) is 1.81. The van der Waals surface area contributed by atoms with Crippen LogP contribution < -0.4 is 15.8 Å². The van der Waals surface area contributed by atoms with Crippen LogP contribution in [-0.4, -0.2) is 45.3 Å². The molecule has 0 spiro atoms. The third-order valence-corrected chi connectivity index (χ3v) is 3.13. The molecule has 0 aliphatic heterocycles. The lowest BCUT2D eigenvalue weighted by Crippen LogP contribution is -2.32. The van der Waals surface area contributed by atoms with E-state index in [1.807, 2.05) is 0 Å². The summed E-state index contributed by atoms with van der Waals surface area (Å²) in [6, 6.07) is 4.78. The number of nitrogens with one attached hydrogen (secondary N) is 2. The van der Waals surface area contributed by atoms with Crippen LogP contribution in [0.1, 0.15) is 0 Å². The quantitative estimate of drug-likeness (QED) is 0.501. The van der Waals surface area contributed by atoms with Gasteiger partial charge in [-0.3, -0.25) is 0 Å². The number of hydrogen-bond donors (Lipinski definition) is 4. The number of urea groups is 1. The Morgan fingerprint density at radius 2 is 1.86 bits per heavy atom. The van der Waals surface area contributed by atoms with Gasteiger partial charge in [0, 0.05) is 12.2 Å². The fraction of sp³-hybridized carbons (Fsp3) is 0.273. The Morgan fingerprint density at radius 1 is 1.24 bits per heavy atom.